The molecule has 0 N–H and O–H groups in total. The molecule has 1 saturated heterocycles. The van der Waals surface area contributed by atoms with E-state index in [0.717, 1.165) is 37.6 Å². The van der Waals surface area contributed by atoms with Crippen LogP contribution in [0.25, 0.3) is 6.08 Å². The molecule has 4 heterocycles. The maximum Gasteiger partial charge on any atom is 0.185 e. The Balaban J connectivity index is 1.54. The summed E-state index contributed by atoms with van der Waals surface area (Å²) in [5.74, 6) is 0.612. The van der Waals surface area contributed by atoms with Gasteiger partial charge in [0.2, 0.25) is 0 Å². The normalized spacial score (nSPS) is 21.3. The van der Waals surface area contributed by atoms with Crippen LogP contribution in [-0.2, 0) is 6.67 Å². The quantitative estimate of drug-likeness (QED) is 0.798. The fourth-order valence-corrected chi connectivity index (χ4v) is 4.30. The van der Waals surface area contributed by atoms with Gasteiger partial charge in [0.15, 0.2) is 6.29 Å². The maximum atomic E-state index is 14.0. The van der Waals surface area contributed by atoms with Crippen molar-refractivity contribution in [3.05, 3.63) is 64.9 Å². The molecule has 3 aliphatic rings. The summed E-state index contributed by atoms with van der Waals surface area (Å²) in [6, 6.07) is 3.58. The first-order valence-electron chi connectivity index (χ1n) is 8.78. The van der Waals surface area contributed by atoms with Crippen LogP contribution >= 0.6 is 11.6 Å². The van der Waals surface area contributed by atoms with Gasteiger partial charge in [0.1, 0.15) is 11.6 Å². The molecule has 134 valence electrons. The van der Waals surface area contributed by atoms with Gasteiger partial charge in [-0.05, 0) is 43.5 Å². The average Bonchev–Trinajstić information content (AvgIpc) is 3.33. The van der Waals surface area contributed by atoms with E-state index < -0.39 is 0 Å². The van der Waals surface area contributed by atoms with Gasteiger partial charge in [-0.1, -0.05) is 11.6 Å². The van der Waals surface area contributed by atoms with Gasteiger partial charge in [-0.3, -0.25) is 0 Å². The Hall–Kier alpha value is -2.47. The lowest BCUT2D eigenvalue weighted by atomic mass is 10.2. The highest BCUT2D eigenvalue weighted by atomic mass is 35.5. The molecule has 0 radical (unpaired) electrons. The van der Waals surface area contributed by atoms with Crippen LogP contribution in [0.1, 0.15) is 24.2 Å². The minimum Gasteiger partial charge on any atom is -0.336 e. The highest BCUT2D eigenvalue weighted by Gasteiger charge is 2.39. The van der Waals surface area contributed by atoms with Crippen molar-refractivity contribution in [1.29, 1.82) is 0 Å². The molecule has 0 aliphatic carbocycles. The van der Waals surface area contributed by atoms with Crippen LogP contribution in [0.5, 0.6) is 0 Å². The number of anilines is 1. The Labute approximate surface area is 156 Å². The van der Waals surface area contributed by atoms with Crippen molar-refractivity contribution in [3.63, 3.8) is 0 Å². The van der Waals surface area contributed by atoms with Gasteiger partial charge in [-0.25, -0.2) is 9.37 Å². The third kappa shape index (κ3) is 2.32. The van der Waals surface area contributed by atoms with Crippen molar-refractivity contribution < 1.29 is 4.39 Å². The number of hydrogen-bond donors (Lipinski definition) is 0. The number of aryl methyl sites for hydroxylation is 1. The summed E-state index contributed by atoms with van der Waals surface area (Å²) in [5.41, 5.74) is 2.78. The summed E-state index contributed by atoms with van der Waals surface area (Å²) in [6.45, 7) is 3.49. The largest absolute Gasteiger partial charge is 0.336 e. The lowest BCUT2D eigenvalue weighted by Gasteiger charge is -2.41. The molecule has 7 heteroatoms. The molecule has 1 fully saturated rings. The third-order valence-electron chi connectivity index (χ3n) is 5.28. The van der Waals surface area contributed by atoms with Gasteiger partial charge in [-0.2, -0.15) is 0 Å². The molecular formula is C19H19ClFN5. The first-order valence-corrected chi connectivity index (χ1v) is 9.16. The van der Waals surface area contributed by atoms with Gasteiger partial charge >= 0.3 is 0 Å². The van der Waals surface area contributed by atoms with Crippen molar-refractivity contribution in [1.82, 2.24) is 19.4 Å². The molecule has 1 unspecified atom stereocenters. The SMILES string of the molecule is Cc1cc(N2C=C3CCCN3C2N2C=Cc3nccn3C2)cc(Cl)c1F. The van der Waals surface area contributed by atoms with Crippen LogP contribution < -0.4 is 4.90 Å². The van der Waals surface area contributed by atoms with Gasteiger partial charge < -0.3 is 19.3 Å². The predicted molar refractivity (Wildman–Crippen MR) is 99.5 cm³/mol. The highest BCUT2D eigenvalue weighted by molar-refractivity contribution is 6.31. The molecular weight excluding hydrogens is 353 g/mol. The number of imidazole rings is 1. The van der Waals surface area contributed by atoms with Crippen LogP contribution in [0.3, 0.4) is 0 Å². The van der Waals surface area contributed by atoms with Crippen LogP contribution in [0.2, 0.25) is 5.02 Å². The molecule has 5 rings (SSSR count). The van der Waals surface area contributed by atoms with Gasteiger partial charge in [0.05, 0.1) is 11.7 Å². The molecule has 0 spiro atoms. The smallest absolute Gasteiger partial charge is 0.185 e. The van der Waals surface area contributed by atoms with Crippen LogP contribution in [0, 0.1) is 12.7 Å². The predicted octanol–water partition coefficient (Wildman–Crippen LogP) is 3.97. The number of fused-ring (bicyclic) bond motifs is 2. The van der Waals surface area contributed by atoms with E-state index in [1.54, 1.807) is 13.0 Å². The third-order valence-corrected chi connectivity index (χ3v) is 5.56. The van der Waals surface area contributed by atoms with Crippen molar-refractivity contribution in [2.24, 2.45) is 0 Å². The molecule has 0 amide bonds. The number of aromatic nitrogens is 2. The zero-order valence-corrected chi connectivity index (χ0v) is 15.2. The molecule has 5 nitrogen and oxygen atoms in total. The Morgan fingerprint density at radius 2 is 2.19 bits per heavy atom. The van der Waals surface area contributed by atoms with Crippen LogP contribution in [0.15, 0.2) is 42.6 Å². The first kappa shape index (κ1) is 15.8. The zero-order valence-electron chi connectivity index (χ0n) is 14.4. The number of rotatable bonds is 2. The van der Waals surface area contributed by atoms with E-state index in [-0.39, 0.29) is 17.1 Å². The summed E-state index contributed by atoms with van der Waals surface area (Å²) in [6.07, 6.45) is 12.3. The van der Waals surface area contributed by atoms with Crippen molar-refractivity contribution >= 4 is 23.4 Å². The van der Waals surface area contributed by atoms with E-state index in [9.17, 15) is 4.39 Å². The van der Waals surface area contributed by atoms with Gasteiger partial charge in [-0.15, -0.1) is 0 Å². The summed E-state index contributed by atoms with van der Waals surface area (Å²) in [7, 11) is 0. The zero-order chi connectivity index (χ0) is 17.8. The molecule has 1 aromatic carbocycles. The minimum absolute atomic E-state index is 0.0141. The number of allylic oxidation sites excluding steroid dienone is 1. The number of nitrogens with zero attached hydrogens (tertiary/aromatic N) is 5. The maximum absolute atomic E-state index is 14.0. The van der Waals surface area contributed by atoms with Crippen LogP contribution in [-0.4, -0.2) is 32.2 Å². The molecule has 3 aliphatic heterocycles. The number of halogens is 2. The molecule has 2 aromatic rings. The Bertz CT molecular complexity index is 911. The molecule has 0 saturated carbocycles. The summed E-state index contributed by atoms with van der Waals surface area (Å²) in [4.78, 5) is 11.2. The van der Waals surface area contributed by atoms with E-state index >= 15 is 0 Å². The first-order chi connectivity index (χ1) is 12.6. The van der Waals surface area contributed by atoms with E-state index in [4.69, 9.17) is 11.6 Å². The van der Waals surface area contributed by atoms with Gasteiger partial charge in [0, 0.05) is 42.7 Å². The average molecular weight is 372 g/mol. The Kier molecular flexibility index (Phi) is 3.50. The summed E-state index contributed by atoms with van der Waals surface area (Å²) in [5, 5.41) is 0.162. The lowest BCUT2D eigenvalue weighted by molar-refractivity contribution is 0.110. The summed E-state index contributed by atoms with van der Waals surface area (Å²) >= 11 is 6.13. The molecule has 1 atom stereocenters. The highest BCUT2D eigenvalue weighted by Crippen LogP contribution is 2.39. The van der Waals surface area contributed by atoms with Gasteiger partial charge in [0.25, 0.3) is 0 Å². The Morgan fingerprint density at radius 3 is 3.04 bits per heavy atom. The summed E-state index contributed by atoms with van der Waals surface area (Å²) < 4.78 is 16.1. The molecule has 26 heavy (non-hydrogen) atoms. The topological polar surface area (TPSA) is 27.5 Å². The van der Waals surface area contributed by atoms with E-state index in [2.05, 4.69) is 36.7 Å². The van der Waals surface area contributed by atoms with E-state index in [1.165, 1.54) is 5.70 Å². The Morgan fingerprint density at radius 1 is 1.31 bits per heavy atom. The van der Waals surface area contributed by atoms with Crippen molar-refractivity contribution in [2.45, 2.75) is 32.7 Å². The van der Waals surface area contributed by atoms with E-state index in [0.29, 0.717) is 5.56 Å². The van der Waals surface area contributed by atoms with Crippen molar-refractivity contribution in [2.75, 3.05) is 11.4 Å². The van der Waals surface area contributed by atoms with Crippen LogP contribution in [0.4, 0.5) is 10.1 Å². The van der Waals surface area contributed by atoms with E-state index in [1.807, 2.05) is 24.5 Å². The second-order valence-corrected chi connectivity index (χ2v) is 7.36. The van der Waals surface area contributed by atoms with Crippen molar-refractivity contribution in [3.8, 4) is 0 Å². The standard InChI is InChI=1S/C19H19ClFN5/c1-13-9-15(10-16(20)18(13)21)26-11-14-3-2-6-25(14)19(26)24-7-4-17-22-5-8-23(17)12-24/h4-5,7-11,19H,2-3,6,12H2,1H3. The number of benzene rings is 1. The lowest BCUT2D eigenvalue weighted by Crippen LogP contribution is -2.51. The molecule has 1 aromatic heterocycles. The second kappa shape index (κ2) is 5.77. The second-order valence-electron chi connectivity index (χ2n) is 6.96. The monoisotopic (exact) mass is 371 g/mol. The molecule has 0 bridgehead atoms. The number of hydrogen-bond acceptors (Lipinski definition) is 4. The fraction of sp³-hybridized carbons (Fsp3) is 0.316. The fourth-order valence-electron chi connectivity index (χ4n) is 4.04. The minimum atomic E-state index is -0.347.